The van der Waals surface area contributed by atoms with Crippen molar-refractivity contribution in [3.8, 4) is 0 Å². The number of piperazine rings is 1. The second kappa shape index (κ2) is 7.49. The number of amides is 2. The normalized spacial score (nSPS) is 26.3. The summed E-state index contributed by atoms with van der Waals surface area (Å²) in [4.78, 5) is 21.1. The molecule has 2 saturated heterocycles. The lowest BCUT2D eigenvalue weighted by molar-refractivity contribution is 0.0211. The van der Waals surface area contributed by atoms with Crippen LogP contribution in [0.25, 0.3) is 0 Å². The molecule has 6 nitrogen and oxygen atoms in total. The SMILES string of the molecule is C[C@H](c1ccccn1)N1CCN(C(=O)NC[C@]2(C)CCCO2)CC1. The molecular formula is C18H28N4O2. The van der Waals surface area contributed by atoms with Crippen LogP contribution in [-0.4, -0.2) is 65.7 Å². The zero-order valence-corrected chi connectivity index (χ0v) is 14.7. The van der Waals surface area contributed by atoms with Gasteiger partial charge in [0.1, 0.15) is 0 Å². The first-order chi connectivity index (χ1) is 11.6. The number of nitrogens with zero attached hydrogens (tertiary/aromatic N) is 3. The largest absolute Gasteiger partial charge is 0.373 e. The van der Waals surface area contributed by atoms with E-state index in [9.17, 15) is 4.79 Å². The highest BCUT2D eigenvalue weighted by molar-refractivity contribution is 5.74. The van der Waals surface area contributed by atoms with Crippen molar-refractivity contribution in [2.45, 2.75) is 38.3 Å². The molecule has 0 unspecified atom stereocenters. The molecule has 2 fully saturated rings. The van der Waals surface area contributed by atoms with E-state index >= 15 is 0 Å². The number of rotatable bonds is 4. The van der Waals surface area contributed by atoms with Crippen LogP contribution in [0, 0.1) is 0 Å². The summed E-state index contributed by atoms with van der Waals surface area (Å²) in [6.45, 7) is 8.90. The minimum absolute atomic E-state index is 0.0249. The van der Waals surface area contributed by atoms with Gasteiger partial charge >= 0.3 is 6.03 Å². The topological polar surface area (TPSA) is 57.7 Å². The summed E-state index contributed by atoms with van der Waals surface area (Å²) in [5.74, 6) is 0. The van der Waals surface area contributed by atoms with Gasteiger partial charge in [-0.15, -0.1) is 0 Å². The molecule has 2 atom stereocenters. The highest BCUT2D eigenvalue weighted by Gasteiger charge is 2.31. The molecule has 1 aromatic rings. The van der Waals surface area contributed by atoms with Crippen molar-refractivity contribution >= 4 is 6.03 Å². The Morgan fingerprint density at radius 2 is 2.17 bits per heavy atom. The molecule has 2 amide bonds. The van der Waals surface area contributed by atoms with Gasteiger partial charge < -0.3 is 15.0 Å². The number of carbonyl (C=O) groups is 1. The number of aromatic nitrogens is 1. The molecule has 0 radical (unpaired) electrons. The summed E-state index contributed by atoms with van der Waals surface area (Å²) in [6, 6.07) is 6.33. The highest BCUT2D eigenvalue weighted by Crippen LogP contribution is 2.24. The van der Waals surface area contributed by atoms with E-state index in [1.165, 1.54) is 0 Å². The van der Waals surface area contributed by atoms with Crippen LogP contribution in [0.2, 0.25) is 0 Å². The van der Waals surface area contributed by atoms with Gasteiger partial charge in [-0.1, -0.05) is 6.07 Å². The van der Waals surface area contributed by atoms with Crippen molar-refractivity contribution < 1.29 is 9.53 Å². The molecular weight excluding hydrogens is 304 g/mol. The Labute approximate surface area is 144 Å². The molecule has 0 bridgehead atoms. The molecule has 3 rings (SSSR count). The average Bonchev–Trinajstić information content (AvgIpc) is 3.07. The lowest BCUT2D eigenvalue weighted by Crippen LogP contribution is -2.54. The number of nitrogens with one attached hydrogen (secondary N) is 1. The van der Waals surface area contributed by atoms with E-state index in [4.69, 9.17) is 4.74 Å². The second-order valence-electron chi connectivity index (χ2n) is 7.01. The van der Waals surface area contributed by atoms with Gasteiger partial charge in [0.2, 0.25) is 0 Å². The first kappa shape index (κ1) is 17.2. The molecule has 1 aromatic heterocycles. The van der Waals surface area contributed by atoms with Crippen LogP contribution in [0.15, 0.2) is 24.4 Å². The molecule has 132 valence electrons. The third-order valence-electron chi connectivity index (χ3n) is 5.18. The van der Waals surface area contributed by atoms with Gasteiger partial charge in [0, 0.05) is 51.6 Å². The molecule has 6 heteroatoms. The van der Waals surface area contributed by atoms with Gasteiger partial charge in [-0.2, -0.15) is 0 Å². The Morgan fingerprint density at radius 1 is 1.38 bits per heavy atom. The quantitative estimate of drug-likeness (QED) is 0.917. The van der Waals surface area contributed by atoms with Gasteiger partial charge in [0.15, 0.2) is 0 Å². The molecule has 1 N–H and O–H groups in total. The van der Waals surface area contributed by atoms with E-state index < -0.39 is 0 Å². The van der Waals surface area contributed by atoms with E-state index in [1.54, 1.807) is 0 Å². The number of carbonyl (C=O) groups excluding carboxylic acids is 1. The number of urea groups is 1. The zero-order chi connectivity index (χ0) is 17.0. The van der Waals surface area contributed by atoms with Gasteiger partial charge in [0.05, 0.1) is 11.3 Å². The predicted molar refractivity (Wildman–Crippen MR) is 92.8 cm³/mol. The third-order valence-corrected chi connectivity index (χ3v) is 5.18. The summed E-state index contributed by atoms with van der Waals surface area (Å²) < 4.78 is 5.73. The molecule has 2 aliphatic rings. The fourth-order valence-electron chi connectivity index (χ4n) is 3.47. The molecule has 0 spiro atoms. The second-order valence-corrected chi connectivity index (χ2v) is 7.01. The number of hydrogen-bond acceptors (Lipinski definition) is 4. The highest BCUT2D eigenvalue weighted by atomic mass is 16.5. The van der Waals surface area contributed by atoms with Crippen LogP contribution in [0.3, 0.4) is 0 Å². The Hall–Kier alpha value is -1.66. The van der Waals surface area contributed by atoms with Crippen molar-refractivity contribution in [1.29, 1.82) is 0 Å². The van der Waals surface area contributed by atoms with E-state index in [2.05, 4.69) is 35.1 Å². The lowest BCUT2D eigenvalue weighted by atomic mass is 10.0. The van der Waals surface area contributed by atoms with Crippen molar-refractivity contribution in [3.63, 3.8) is 0 Å². The molecule has 24 heavy (non-hydrogen) atoms. The van der Waals surface area contributed by atoms with E-state index in [0.717, 1.165) is 51.3 Å². The van der Waals surface area contributed by atoms with Crippen molar-refractivity contribution in [3.05, 3.63) is 30.1 Å². The maximum atomic E-state index is 12.4. The third kappa shape index (κ3) is 4.05. The fraction of sp³-hybridized carbons (Fsp3) is 0.667. The Kier molecular flexibility index (Phi) is 5.36. The number of ether oxygens (including phenoxy) is 1. The van der Waals surface area contributed by atoms with Crippen LogP contribution < -0.4 is 5.32 Å². The molecule has 2 aliphatic heterocycles. The van der Waals surface area contributed by atoms with Gasteiger partial charge in [-0.25, -0.2) is 4.79 Å². The van der Waals surface area contributed by atoms with E-state index in [-0.39, 0.29) is 17.7 Å². The zero-order valence-electron chi connectivity index (χ0n) is 14.7. The molecule has 3 heterocycles. The van der Waals surface area contributed by atoms with E-state index in [0.29, 0.717) is 6.54 Å². The summed E-state index contributed by atoms with van der Waals surface area (Å²) in [6.07, 6.45) is 3.93. The van der Waals surface area contributed by atoms with Gasteiger partial charge in [-0.3, -0.25) is 9.88 Å². The first-order valence-electron chi connectivity index (χ1n) is 8.89. The standard InChI is InChI=1S/C18H28N4O2/c1-15(16-6-3-4-8-19-16)21-9-11-22(12-10-21)17(23)20-14-18(2)7-5-13-24-18/h3-4,6,8,15H,5,7,9-14H2,1-2H3,(H,20,23)/t15-,18+/m1/s1. The van der Waals surface area contributed by atoms with Gasteiger partial charge in [0.25, 0.3) is 0 Å². The van der Waals surface area contributed by atoms with Crippen LogP contribution in [-0.2, 0) is 4.74 Å². The van der Waals surface area contributed by atoms with Crippen molar-refractivity contribution in [2.24, 2.45) is 0 Å². The maximum Gasteiger partial charge on any atom is 0.317 e. The van der Waals surface area contributed by atoms with Crippen molar-refractivity contribution in [2.75, 3.05) is 39.3 Å². The van der Waals surface area contributed by atoms with Crippen molar-refractivity contribution in [1.82, 2.24) is 20.1 Å². The monoisotopic (exact) mass is 332 g/mol. The molecule has 0 aromatic carbocycles. The van der Waals surface area contributed by atoms with Gasteiger partial charge in [-0.05, 0) is 38.8 Å². The smallest absolute Gasteiger partial charge is 0.317 e. The number of pyridine rings is 1. The Balaban J connectivity index is 1.45. The van der Waals surface area contributed by atoms with Crippen LogP contribution in [0.4, 0.5) is 4.79 Å². The van der Waals surface area contributed by atoms with Crippen LogP contribution in [0.1, 0.15) is 38.4 Å². The Bertz CT molecular complexity index is 537. The van der Waals surface area contributed by atoms with Crippen LogP contribution >= 0.6 is 0 Å². The maximum absolute atomic E-state index is 12.4. The summed E-state index contributed by atoms with van der Waals surface area (Å²) in [5, 5.41) is 3.04. The predicted octanol–water partition coefficient (Wildman–Crippen LogP) is 2.04. The fourth-order valence-corrected chi connectivity index (χ4v) is 3.47. The molecule has 0 saturated carbocycles. The number of hydrogen-bond donors (Lipinski definition) is 1. The summed E-state index contributed by atoms with van der Waals surface area (Å²) in [7, 11) is 0. The van der Waals surface area contributed by atoms with Crippen LogP contribution in [0.5, 0.6) is 0 Å². The lowest BCUT2D eigenvalue weighted by Gasteiger charge is -2.38. The molecule has 0 aliphatic carbocycles. The van der Waals surface area contributed by atoms with E-state index in [1.807, 2.05) is 23.2 Å². The minimum atomic E-state index is -0.190. The Morgan fingerprint density at radius 3 is 2.79 bits per heavy atom. The average molecular weight is 332 g/mol. The minimum Gasteiger partial charge on any atom is -0.373 e. The summed E-state index contributed by atoms with van der Waals surface area (Å²) in [5.41, 5.74) is 0.895. The summed E-state index contributed by atoms with van der Waals surface area (Å²) >= 11 is 0. The first-order valence-corrected chi connectivity index (χ1v) is 8.89.